The Labute approximate surface area is 135 Å². The van der Waals surface area contributed by atoms with Crippen molar-refractivity contribution in [2.75, 3.05) is 20.8 Å². The van der Waals surface area contributed by atoms with Gasteiger partial charge >= 0.3 is 5.97 Å². The molecular formula is C18H20O5. The smallest absolute Gasteiger partial charge is 0.320 e. The Kier molecular flexibility index (Phi) is 4.11. The lowest BCUT2D eigenvalue weighted by Gasteiger charge is -2.19. The lowest BCUT2D eigenvalue weighted by molar-refractivity contribution is -0.151. The van der Waals surface area contributed by atoms with Gasteiger partial charge in [-0.2, -0.15) is 0 Å². The van der Waals surface area contributed by atoms with Crippen molar-refractivity contribution in [1.82, 2.24) is 0 Å². The molecule has 1 aromatic carbocycles. The van der Waals surface area contributed by atoms with E-state index >= 15 is 0 Å². The molecule has 5 nitrogen and oxygen atoms in total. The summed E-state index contributed by atoms with van der Waals surface area (Å²) in [7, 11) is 2.91. The summed E-state index contributed by atoms with van der Waals surface area (Å²) >= 11 is 0. The largest absolute Gasteiger partial charge is 0.497 e. The SMILES string of the molecule is COC(=O)C1(C(=O)C2=CCCCO2)CC1c1ccc(OC)cc1. The van der Waals surface area contributed by atoms with Gasteiger partial charge in [-0.15, -0.1) is 0 Å². The lowest BCUT2D eigenvalue weighted by atomic mass is 9.92. The Bertz CT molecular complexity index is 646. The molecule has 122 valence electrons. The predicted octanol–water partition coefficient (Wildman–Crippen LogP) is 2.61. The van der Waals surface area contributed by atoms with Crippen molar-refractivity contribution in [2.45, 2.75) is 25.2 Å². The number of rotatable bonds is 5. The number of carbonyl (C=O) groups is 2. The molecule has 1 aliphatic heterocycles. The number of benzene rings is 1. The first kappa shape index (κ1) is 15.6. The highest BCUT2D eigenvalue weighted by Crippen LogP contribution is 2.61. The minimum absolute atomic E-state index is 0.181. The maximum absolute atomic E-state index is 12.9. The van der Waals surface area contributed by atoms with Crippen molar-refractivity contribution in [1.29, 1.82) is 0 Å². The molecule has 0 bridgehead atoms. The number of allylic oxidation sites excluding steroid dienone is 2. The van der Waals surface area contributed by atoms with Crippen LogP contribution in [-0.2, 0) is 19.1 Å². The first-order valence-electron chi connectivity index (χ1n) is 7.73. The molecule has 0 radical (unpaired) electrons. The molecule has 1 aliphatic carbocycles. The van der Waals surface area contributed by atoms with Gasteiger partial charge < -0.3 is 14.2 Å². The molecule has 3 rings (SSSR count). The number of carbonyl (C=O) groups excluding carboxylic acids is 2. The second kappa shape index (κ2) is 6.07. The van der Waals surface area contributed by atoms with Crippen molar-refractivity contribution in [2.24, 2.45) is 5.41 Å². The monoisotopic (exact) mass is 316 g/mol. The number of esters is 1. The van der Waals surface area contributed by atoms with Crippen LogP contribution in [0, 0.1) is 5.41 Å². The van der Waals surface area contributed by atoms with Gasteiger partial charge in [-0.05, 0) is 43.0 Å². The number of hydrogen-bond donors (Lipinski definition) is 0. The van der Waals surface area contributed by atoms with E-state index in [1.54, 1.807) is 13.2 Å². The summed E-state index contributed by atoms with van der Waals surface area (Å²) in [4.78, 5) is 25.2. The van der Waals surface area contributed by atoms with Crippen molar-refractivity contribution >= 4 is 11.8 Å². The van der Waals surface area contributed by atoms with Gasteiger partial charge in [0, 0.05) is 5.92 Å². The number of methoxy groups -OCH3 is 2. The Balaban J connectivity index is 1.89. The summed E-state index contributed by atoms with van der Waals surface area (Å²) < 4.78 is 15.5. The summed E-state index contributed by atoms with van der Waals surface area (Å²) in [5, 5.41) is 0. The van der Waals surface area contributed by atoms with Crippen LogP contribution >= 0.6 is 0 Å². The third-order valence-electron chi connectivity index (χ3n) is 4.59. The number of hydrogen-bond acceptors (Lipinski definition) is 5. The average molecular weight is 316 g/mol. The Morgan fingerprint density at radius 2 is 1.96 bits per heavy atom. The van der Waals surface area contributed by atoms with Crippen molar-refractivity contribution in [3.8, 4) is 5.75 Å². The molecule has 0 spiro atoms. The number of ether oxygens (including phenoxy) is 3. The van der Waals surface area contributed by atoms with Crippen molar-refractivity contribution < 1.29 is 23.8 Å². The molecule has 0 N–H and O–H groups in total. The van der Waals surface area contributed by atoms with Crippen LogP contribution < -0.4 is 4.74 Å². The normalized spacial score (nSPS) is 25.8. The van der Waals surface area contributed by atoms with E-state index in [2.05, 4.69) is 0 Å². The summed E-state index contributed by atoms with van der Waals surface area (Å²) in [5.74, 6) is 0.114. The van der Waals surface area contributed by atoms with Gasteiger partial charge in [-0.25, -0.2) is 0 Å². The molecular weight excluding hydrogens is 296 g/mol. The molecule has 1 fully saturated rings. The Hall–Kier alpha value is -2.30. The van der Waals surface area contributed by atoms with Crippen LogP contribution in [0.1, 0.15) is 30.7 Å². The molecule has 5 heteroatoms. The predicted molar refractivity (Wildman–Crippen MR) is 83.1 cm³/mol. The van der Waals surface area contributed by atoms with Gasteiger partial charge in [0.25, 0.3) is 0 Å². The van der Waals surface area contributed by atoms with Crippen LogP contribution in [0.2, 0.25) is 0 Å². The highest BCUT2D eigenvalue weighted by Gasteiger charge is 2.67. The van der Waals surface area contributed by atoms with Crippen molar-refractivity contribution in [3.05, 3.63) is 41.7 Å². The molecule has 2 atom stereocenters. The summed E-state index contributed by atoms with van der Waals surface area (Å²) in [6.07, 6.45) is 3.92. The van der Waals surface area contributed by atoms with Crippen LogP contribution in [0.25, 0.3) is 0 Å². The molecule has 1 saturated carbocycles. The summed E-state index contributed by atoms with van der Waals surface area (Å²) in [6.45, 7) is 0.516. The minimum Gasteiger partial charge on any atom is -0.497 e. The van der Waals surface area contributed by atoms with E-state index in [1.165, 1.54) is 7.11 Å². The zero-order valence-electron chi connectivity index (χ0n) is 13.3. The topological polar surface area (TPSA) is 61.8 Å². The fourth-order valence-electron chi connectivity index (χ4n) is 3.19. The molecule has 2 aliphatic rings. The van der Waals surface area contributed by atoms with Crippen LogP contribution in [0.3, 0.4) is 0 Å². The zero-order valence-corrected chi connectivity index (χ0v) is 13.3. The van der Waals surface area contributed by atoms with Gasteiger partial charge in [0.2, 0.25) is 5.78 Å². The second-order valence-corrected chi connectivity index (χ2v) is 5.88. The van der Waals surface area contributed by atoms with E-state index in [-0.39, 0.29) is 11.7 Å². The quantitative estimate of drug-likeness (QED) is 0.617. The third-order valence-corrected chi connectivity index (χ3v) is 4.59. The van der Waals surface area contributed by atoms with Crippen LogP contribution in [0.15, 0.2) is 36.1 Å². The summed E-state index contributed by atoms with van der Waals surface area (Å²) in [5.41, 5.74) is -0.215. The fraction of sp³-hybridized carbons (Fsp3) is 0.444. The standard InChI is InChI=1S/C18H20O5/c1-21-13-8-6-12(7-9-13)14-11-18(14,17(20)22-2)16(19)15-5-3-4-10-23-15/h5-9,14H,3-4,10-11H2,1-2H3. The minimum atomic E-state index is -1.15. The van der Waals surface area contributed by atoms with E-state index < -0.39 is 11.4 Å². The highest BCUT2D eigenvalue weighted by molar-refractivity contribution is 6.15. The van der Waals surface area contributed by atoms with Gasteiger partial charge in [-0.3, -0.25) is 9.59 Å². The Morgan fingerprint density at radius 1 is 1.22 bits per heavy atom. The molecule has 23 heavy (non-hydrogen) atoms. The van der Waals surface area contributed by atoms with Gasteiger partial charge in [0.15, 0.2) is 5.76 Å². The molecule has 0 amide bonds. The second-order valence-electron chi connectivity index (χ2n) is 5.88. The van der Waals surface area contributed by atoms with E-state index in [9.17, 15) is 9.59 Å². The van der Waals surface area contributed by atoms with Gasteiger partial charge in [0.05, 0.1) is 20.8 Å². The van der Waals surface area contributed by atoms with E-state index in [1.807, 2.05) is 24.3 Å². The molecule has 2 unspecified atom stereocenters. The van der Waals surface area contributed by atoms with Crippen LogP contribution in [0.5, 0.6) is 5.75 Å². The van der Waals surface area contributed by atoms with Crippen LogP contribution in [-0.4, -0.2) is 32.6 Å². The zero-order chi connectivity index (χ0) is 16.4. The highest BCUT2D eigenvalue weighted by atomic mass is 16.5. The number of ketones is 1. The maximum atomic E-state index is 12.9. The first-order chi connectivity index (χ1) is 11.1. The van der Waals surface area contributed by atoms with Gasteiger partial charge in [-0.1, -0.05) is 12.1 Å². The molecule has 1 heterocycles. The number of Topliss-reactive ketones (excluding diaryl/α,β-unsaturated/α-hetero) is 1. The molecule has 1 aromatic rings. The average Bonchev–Trinajstić information content (AvgIpc) is 3.38. The van der Waals surface area contributed by atoms with E-state index in [4.69, 9.17) is 14.2 Å². The lowest BCUT2D eigenvalue weighted by Crippen LogP contribution is -2.31. The maximum Gasteiger partial charge on any atom is 0.320 e. The van der Waals surface area contributed by atoms with Gasteiger partial charge in [0.1, 0.15) is 11.2 Å². The van der Waals surface area contributed by atoms with E-state index in [0.717, 1.165) is 24.2 Å². The van der Waals surface area contributed by atoms with E-state index in [0.29, 0.717) is 18.8 Å². The summed E-state index contributed by atoms with van der Waals surface area (Å²) in [6, 6.07) is 7.43. The Morgan fingerprint density at radius 3 is 2.52 bits per heavy atom. The van der Waals surface area contributed by atoms with Crippen LogP contribution in [0.4, 0.5) is 0 Å². The molecule has 0 aromatic heterocycles. The fourth-order valence-corrected chi connectivity index (χ4v) is 3.19. The molecule has 0 saturated heterocycles. The third kappa shape index (κ3) is 2.60. The first-order valence-corrected chi connectivity index (χ1v) is 7.73. The van der Waals surface area contributed by atoms with Crippen molar-refractivity contribution in [3.63, 3.8) is 0 Å².